The van der Waals surface area contributed by atoms with Crippen molar-refractivity contribution in [2.24, 2.45) is 5.92 Å². The Balaban J connectivity index is 1.68. The molecule has 2 atom stereocenters. The fourth-order valence-electron chi connectivity index (χ4n) is 3.73. The average molecular weight is 380 g/mol. The van der Waals surface area contributed by atoms with Crippen LogP contribution in [0.2, 0.25) is 5.02 Å². The number of carbonyl (C=O) groups is 3. The molecule has 7 nitrogen and oxygen atoms in total. The molecule has 2 fully saturated rings. The maximum absolute atomic E-state index is 12.9. The van der Waals surface area contributed by atoms with Gasteiger partial charge in [-0.25, -0.2) is 4.79 Å². The molecule has 8 heteroatoms. The van der Waals surface area contributed by atoms with Crippen LogP contribution in [0, 0.1) is 5.92 Å². The lowest BCUT2D eigenvalue weighted by molar-refractivity contribution is -0.136. The third-order valence-corrected chi connectivity index (χ3v) is 5.53. The molecule has 2 aliphatic rings. The standard InChI is InChI=1S/C18H22ClN3O4/c1-11-5-3-4-8-18(11)16(24)22(17(25)21-18)10-15(23)20-12-6-7-14(26-2)13(19)9-12/h6-7,9,11H,3-5,8,10H2,1-2H3,(H,20,23)(H,21,25)/t11-,18+/m1/s1. The molecule has 0 radical (unpaired) electrons. The van der Waals surface area contributed by atoms with Crippen LogP contribution in [-0.2, 0) is 9.59 Å². The summed E-state index contributed by atoms with van der Waals surface area (Å²) >= 11 is 6.04. The number of urea groups is 1. The number of imide groups is 1. The second-order valence-corrected chi connectivity index (χ2v) is 7.24. The highest BCUT2D eigenvalue weighted by atomic mass is 35.5. The van der Waals surface area contributed by atoms with Crippen molar-refractivity contribution in [3.05, 3.63) is 23.2 Å². The van der Waals surface area contributed by atoms with Gasteiger partial charge in [0, 0.05) is 5.69 Å². The lowest BCUT2D eigenvalue weighted by Gasteiger charge is -2.36. The van der Waals surface area contributed by atoms with E-state index in [-0.39, 0.29) is 18.4 Å². The summed E-state index contributed by atoms with van der Waals surface area (Å²) in [5.41, 5.74) is -0.396. The monoisotopic (exact) mass is 379 g/mol. The SMILES string of the molecule is COc1ccc(NC(=O)CN2C(=O)N[C@]3(CCCC[C@H]3C)C2=O)cc1Cl. The van der Waals surface area contributed by atoms with Gasteiger partial charge in [0.15, 0.2) is 0 Å². The lowest BCUT2D eigenvalue weighted by atomic mass is 9.73. The predicted molar refractivity (Wildman–Crippen MR) is 97.2 cm³/mol. The molecule has 1 aromatic rings. The molecule has 140 valence electrons. The molecule has 0 bridgehead atoms. The molecule has 0 unspecified atom stereocenters. The van der Waals surface area contributed by atoms with E-state index < -0.39 is 17.5 Å². The number of anilines is 1. The zero-order valence-corrected chi connectivity index (χ0v) is 15.6. The number of benzene rings is 1. The van der Waals surface area contributed by atoms with E-state index >= 15 is 0 Å². The molecular weight excluding hydrogens is 358 g/mol. The molecule has 26 heavy (non-hydrogen) atoms. The normalized spacial score (nSPS) is 25.3. The van der Waals surface area contributed by atoms with Gasteiger partial charge in [-0.1, -0.05) is 31.4 Å². The lowest BCUT2D eigenvalue weighted by Crippen LogP contribution is -2.54. The third kappa shape index (κ3) is 3.23. The minimum Gasteiger partial charge on any atom is -0.495 e. The number of ether oxygens (including phenoxy) is 1. The molecule has 2 N–H and O–H groups in total. The molecular formula is C18H22ClN3O4. The molecule has 1 heterocycles. The minimum atomic E-state index is -0.862. The summed E-state index contributed by atoms with van der Waals surface area (Å²) in [6.07, 6.45) is 3.44. The Hall–Kier alpha value is -2.28. The van der Waals surface area contributed by atoms with Crippen LogP contribution >= 0.6 is 11.6 Å². The van der Waals surface area contributed by atoms with Crippen molar-refractivity contribution in [3.63, 3.8) is 0 Å². The number of methoxy groups -OCH3 is 1. The van der Waals surface area contributed by atoms with Crippen molar-refractivity contribution in [2.75, 3.05) is 19.0 Å². The summed E-state index contributed by atoms with van der Waals surface area (Å²) in [6, 6.07) is 4.31. The van der Waals surface area contributed by atoms with E-state index in [1.165, 1.54) is 7.11 Å². The van der Waals surface area contributed by atoms with E-state index in [0.29, 0.717) is 22.9 Å². The number of nitrogens with one attached hydrogen (secondary N) is 2. The first kappa shape index (κ1) is 18.5. The van der Waals surface area contributed by atoms with Gasteiger partial charge in [-0.3, -0.25) is 14.5 Å². The van der Waals surface area contributed by atoms with Gasteiger partial charge in [0.25, 0.3) is 5.91 Å². The molecule has 0 aromatic heterocycles. The fourth-order valence-corrected chi connectivity index (χ4v) is 3.98. The summed E-state index contributed by atoms with van der Waals surface area (Å²) < 4.78 is 5.06. The summed E-state index contributed by atoms with van der Waals surface area (Å²) in [4.78, 5) is 38.5. The van der Waals surface area contributed by atoms with E-state index in [1.54, 1.807) is 18.2 Å². The van der Waals surface area contributed by atoms with E-state index in [1.807, 2.05) is 6.92 Å². The van der Waals surface area contributed by atoms with Gasteiger partial charge in [0.1, 0.15) is 17.8 Å². The molecule has 1 aliphatic carbocycles. The van der Waals surface area contributed by atoms with Crippen LogP contribution in [0.3, 0.4) is 0 Å². The summed E-state index contributed by atoms with van der Waals surface area (Å²) in [6.45, 7) is 1.64. The summed E-state index contributed by atoms with van der Waals surface area (Å²) in [5.74, 6) is -0.221. The van der Waals surface area contributed by atoms with Crippen LogP contribution in [0.4, 0.5) is 10.5 Å². The fraction of sp³-hybridized carbons (Fsp3) is 0.500. The number of nitrogens with zero attached hydrogens (tertiary/aromatic N) is 1. The largest absolute Gasteiger partial charge is 0.495 e. The van der Waals surface area contributed by atoms with Crippen LogP contribution in [-0.4, -0.2) is 41.9 Å². The van der Waals surface area contributed by atoms with Crippen LogP contribution in [0.1, 0.15) is 32.6 Å². The molecule has 1 aliphatic heterocycles. The van der Waals surface area contributed by atoms with E-state index in [0.717, 1.165) is 24.2 Å². The highest BCUT2D eigenvalue weighted by Gasteiger charge is 2.55. The number of carbonyl (C=O) groups excluding carboxylic acids is 3. The maximum atomic E-state index is 12.9. The Morgan fingerprint density at radius 1 is 1.42 bits per heavy atom. The first-order valence-electron chi connectivity index (χ1n) is 8.65. The van der Waals surface area contributed by atoms with Gasteiger partial charge >= 0.3 is 6.03 Å². The van der Waals surface area contributed by atoms with Gasteiger partial charge in [0.2, 0.25) is 5.91 Å². The van der Waals surface area contributed by atoms with Gasteiger partial charge in [0.05, 0.1) is 12.1 Å². The van der Waals surface area contributed by atoms with Gasteiger partial charge in [-0.2, -0.15) is 0 Å². The third-order valence-electron chi connectivity index (χ3n) is 5.24. The smallest absolute Gasteiger partial charge is 0.325 e. The van der Waals surface area contributed by atoms with E-state index in [2.05, 4.69) is 10.6 Å². The summed E-state index contributed by atoms with van der Waals surface area (Å²) in [7, 11) is 1.50. The first-order valence-corrected chi connectivity index (χ1v) is 9.02. The van der Waals surface area contributed by atoms with Crippen molar-refractivity contribution in [3.8, 4) is 5.75 Å². The number of hydrogen-bond acceptors (Lipinski definition) is 4. The molecule has 1 spiro atoms. The second kappa shape index (κ2) is 7.15. The predicted octanol–water partition coefficient (Wildman–Crippen LogP) is 2.79. The Bertz CT molecular complexity index is 754. The number of rotatable bonds is 4. The minimum absolute atomic E-state index is 0.0566. The highest BCUT2D eigenvalue weighted by Crippen LogP contribution is 2.38. The van der Waals surface area contributed by atoms with Crippen molar-refractivity contribution in [2.45, 2.75) is 38.1 Å². The van der Waals surface area contributed by atoms with Crippen LogP contribution < -0.4 is 15.4 Å². The number of amides is 4. The molecule has 3 rings (SSSR count). The highest BCUT2D eigenvalue weighted by molar-refractivity contribution is 6.32. The van der Waals surface area contributed by atoms with Crippen LogP contribution in [0.15, 0.2) is 18.2 Å². The summed E-state index contributed by atoms with van der Waals surface area (Å²) in [5, 5.41) is 5.84. The van der Waals surface area contributed by atoms with Crippen LogP contribution in [0.5, 0.6) is 5.75 Å². The van der Waals surface area contributed by atoms with Crippen molar-refractivity contribution in [1.82, 2.24) is 10.2 Å². The molecule has 4 amide bonds. The van der Waals surface area contributed by atoms with Gasteiger partial charge in [-0.05, 0) is 37.0 Å². The molecule has 1 saturated heterocycles. The second-order valence-electron chi connectivity index (χ2n) is 6.84. The maximum Gasteiger partial charge on any atom is 0.325 e. The van der Waals surface area contributed by atoms with E-state index in [4.69, 9.17) is 16.3 Å². The zero-order valence-electron chi connectivity index (χ0n) is 14.8. The zero-order chi connectivity index (χ0) is 18.9. The Kier molecular flexibility index (Phi) is 5.09. The molecule has 1 aromatic carbocycles. The average Bonchev–Trinajstić information content (AvgIpc) is 2.83. The number of halogens is 1. The van der Waals surface area contributed by atoms with Crippen molar-refractivity contribution >= 4 is 35.1 Å². The van der Waals surface area contributed by atoms with Crippen LogP contribution in [0.25, 0.3) is 0 Å². The first-order chi connectivity index (χ1) is 12.4. The topological polar surface area (TPSA) is 87.7 Å². The number of hydrogen-bond donors (Lipinski definition) is 2. The molecule has 1 saturated carbocycles. The van der Waals surface area contributed by atoms with Gasteiger partial charge in [-0.15, -0.1) is 0 Å². The Labute approximate surface area is 157 Å². The van der Waals surface area contributed by atoms with Crippen molar-refractivity contribution < 1.29 is 19.1 Å². The van der Waals surface area contributed by atoms with Crippen molar-refractivity contribution in [1.29, 1.82) is 0 Å². The quantitative estimate of drug-likeness (QED) is 0.787. The van der Waals surface area contributed by atoms with Gasteiger partial charge < -0.3 is 15.4 Å². The van der Waals surface area contributed by atoms with E-state index in [9.17, 15) is 14.4 Å². The Morgan fingerprint density at radius 3 is 2.85 bits per heavy atom. The Morgan fingerprint density at radius 2 is 2.19 bits per heavy atom.